The average Bonchev–Trinajstić information content (AvgIpc) is 2.84. The van der Waals surface area contributed by atoms with Crippen LogP contribution in [0.15, 0.2) is 21.5 Å². The summed E-state index contributed by atoms with van der Waals surface area (Å²) in [5.74, 6) is 2.58. The maximum Gasteiger partial charge on any atom is 0.240 e. The molecule has 3 N–H and O–H groups in total. The van der Waals surface area contributed by atoms with Crippen LogP contribution in [-0.2, 0) is 10.0 Å². The highest BCUT2D eigenvalue weighted by molar-refractivity contribution is 9.10. The van der Waals surface area contributed by atoms with Crippen LogP contribution in [0.1, 0.15) is 12.0 Å². The summed E-state index contributed by atoms with van der Waals surface area (Å²) < 4.78 is 28.0. The number of nitrogen functional groups attached to an aromatic ring is 1. The molecule has 0 spiro atoms. The Kier molecular flexibility index (Phi) is 4.81. The van der Waals surface area contributed by atoms with E-state index >= 15 is 0 Å². The Morgan fingerprint density at radius 2 is 2.26 bits per heavy atom. The zero-order chi connectivity index (χ0) is 14.0. The lowest BCUT2D eigenvalue weighted by atomic mass is 10.1. The van der Waals surface area contributed by atoms with E-state index in [0.717, 1.165) is 17.9 Å². The van der Waals surface area contributed by atoms with E-state index < -0.39 is 10.0 Å². The van der Waals surface area contributed by atoms with Crippen molar-refractivity contribution in [3.8, 4) is 0 Å². The molecule has 0 aromatic heterocycles. The Hall–Kier alpha value is -0.240. The lowest BCUT2D eigenvalue weighted by molar-refractivity contribution is 0.545. The van der Waals surface area contributed by atoms with E-state index in [1.54, 1.807) is 19.1 Å². The van der Waals surface area contributed by atoms with E-state index in [0.29, 0.717) is 28.2 Å². The molecule has 1 heterocycles. The third-order valence-electron chi connectivity index (χ3n) is 3.24. The number of nitrogens with one attached hydrogen (secondary N) is 1. The van der Waals surface area contributed by atoms with Gasteiger partial charge in [-0.3, -0.25) is 0 Å². The maximum atomic E-state index is 12.3. The van der Waals surface area contributed by atoms with Crippen LogP contribution in [0.25, 0.3) is 0 Å². The lowest BCUT2D eigenvalue weighted by Crippen LogP contribution is -2.30. The minimum absolute atomic E-state index is 0.255. The number of benzene rings is 1. The van der Waals surface area contributed by atoms with Gasteiger partial charge in [0.25, 0.3) is 0 Å². The lowest BCUT2D eigenvalue weighted by Gasteiger charge is -2.14. The van der Waals surface area contributed by atoms with Crippen LogP contribution in [0.3, 0.4) is 0 Å². The number of halogens is 1. The molecule has 1 saturated heterocycles. The van der Waals surface area contributed by atoms with E-state index in [9.17, 15) is 8.42 Å². The molecule has 106 valence electrons. The Balaban J connectivity index is 2.19. The quantitative estimate of drug-likeness (QED) is 0.804. The Morgan fingerprint density at radius 1 is 1.53 bits per heavy atom. The summed E-state index contributed by atoms with van der Waals surface area (Å²) in [6.45, 7) is 2.23. The highest BCUT2D eigenvalue weighted by Crippen LogP contribution is 2.27. The van der Waals surface area contributed by atoms with Crippen LogP contribution in [0, 0.1) is 12.8 Å². The number of nitrogens with two attached hydrogens (primary N) is 1. The van der Waals surface area contributed by atoms with Crippen LogP contribution in [0.4, 0.5) is 5.69 Å². The Morgan fingerprint density at radius 3 is 2.89 bits per heavy atom. The predicted octanol–water partition coefficient (Wildman–Crippen LogP) is 2.37. The summed E-state index contributed by atoms with van der Waals surface area (Å²) in [7, 11) is -3.49. The number of hydrogen-bond donors (Lipinski definition) is 2. The van der Waals surface area contributed by atoms with Gasteiger partial charge >= 0.3 is 0 Å². The molecule has 0 aliphatic carbocycles. The van der Waals surface area contributed by atoms with Crippen LogP contribution >= 0.6 is 27.7 Å². The molecule has 0 radical (unpaired) electrons. The summed E-state index contributed by atoms with van der Waals surface area (Å²) in [4.78, 5) is 0.255. The van der Waals surface area contributed by atoms with Gasteiger partial charge < -0.3 is 5.73 Å². The van der Waals surface area contributed by atoms with Crippen molar-refractivity contribution in [3.63, 3.8) is 0 Å². The van der Waals surface area contributed by atoms with Crippen molar-refractivity contribution < 1.29 is 8.42 Å². The fourth-order valence-electron chi connectivity index (χ4n) is 2.00. The molecule has 19 heavy (non-hydrogen) atoms. The largest absolute Gasteiger partial charge is 0.398 e. The molecular formula is C12H17BrN2O2S2. The minimum atomic E-state index is -3.49. The zero-order valence-corrected chi connectivity index (χ0v) is 13.9. The summed E-state index contributed by atoms with van der Waals surface area (Å²) >= 11 is 5.16. The molecule has 1 aliphatic rings. The highest BCUT2D eigenvalue weighted by Gasteiger charge is 2.22. The van der Waals surface area contributed by atoms with E-state index in [2.05, 4.69) is 20.7 Å². The molecule has 1 unspecified atom stereocenters. The van der Waals surface area contributed by atoms with Gasteiger partial charge in [0.05, 0.1) is 4.90 Å². The first-order valence-corrected chi connectivity index (χ1v) is 9.46. The van der Waals surface area contributed by atoms with Crippen molar-refractivity contribution in [3.05, 3.63) is 22.2 Å². The molecular weight excluding hydrogens is 348 g/mol. The molecule has 0 amide bonds. The van der Waals surface area contributed by atoms with E-state index in [4.69, 9.17) is 5.73 Å². The van der Waals surface area contributed by atoms with Gasteiger partial charge in [-0.25, -0.2) is 13.1 Å². The van der Waals surface area contributed by atoms with Gasteiger partial charge in [0, 0.05) is 16.7 Å². The molecule has 1 aromatic rings. The SMILES string of the molecule is Cc1c(N)cc(Br)cc1S(=O)(=O)NCC1CCSC1. The second kappa shape index (κ2) is 6.03. The minimum Gasteiger partial charge on any atom is -0.398 e. The van der Waals surface area contributed by atoms with Crippen LogP contribution in [0.2, 0.25) is 0 Å². The second-order valence-electron chi connectivity index (χ2n) is 4.70. The van der Waals surface area contributed by atoms with Crippen molar-refractivity contribution in [2.75, 3.05) is 23.8 Å². The first kappa shape index (κ1) is 15.2. The molecule has 1 aromatic carbocycles. The molecule has 1 aliphatic heterocycles. The number of hydrogen-bond acceptors (Lipinski definition) is 4. The van der Waals surface area contributed by atoms with E-state index in [-0.39, 0.29) is 4.90 Å². The van der Waals surface area contributed by atoms with Crippen LogP contribution in [-0.4, -0.2) is 26.5 Å². The number of anilines is 1. The fraction of sp³-hybridized carbons (Fsp3) is 0.500. The first-order chi connectivity index (χ1) is 8.90. The summed E-state index contributed by atoms with van der Waals surface area (Å²) in [6.07, 6.45) is 1.08. The average molecular weight is 365 g/mol. The summed E-state index contributed by atoms with van der Waals surface area (Å²) in [5.41, 5.74) is 6.88. The predicted molar refractivity (Wildman–Crippen MR) is 83.9 cm³/mol. The van der Waals surface area contributed by atoms with Gasteiger partial charge in [-0.2, -0.15) is 11.8 Å². The molecule has 7 heteroatoms. The molecule has 2 rings (SSSR count). The molecule has 1 atom stereocenters. The van der Waals surface area contributed by atoms with Crippen molar-refractivity contribution >= 4 is 43.4 Å². The maximum absolute atomic E-state index is 12.3. The zero-order valence-electron chi connectivity index (χ0n) is 10.6. The normalized spacial score (nSPS) is 19.8. The summed E-state index contributed by atoms with van der Waals surface area (Å²) in [5, 5.41) is 0. The molecule has 0 saturated carbocycles. The Bertz CT molecular complexity index is 569. The molecule has 1 fully saturated rings. The third-order valence-corrected chi connectivity index (χ3v) is 6.48. The molecule has 4 nitrogen and oxygen atoms in total. The van der Waals surface area contributed by atoms with Crippen molar-refractivity contribution in [1.82, 2.24) is 4.72 Å². The van der Waals surface area contributed by atoms with Crippen molar-refractivity contribution in [2.45, 2.75) is 18.2 Å². The first-order valence-electron chi connectivity index (χ1n) is 6.03. The van der Waals surface area contributed by atoms with E-state index in [1.807, 2.05) is 11.8 Å². The van der Waals surface area contributed by atoms with Gasteiger partial charge in [0.15, 0.2) is 0 Å². The molecule has 0 bridgehead atoms. The van der Waals surface area contributed by atoms with Gasteiger partial charge in [0.1, 0.15) is 0 Å². The fourth-order valence-corrected chi connectivity index (χ4v) is 5.33. The van der Waals surface area contributed by atoms with Crippen molar-refractivity contribution in [2.24, 2.45) is 5.92 Å². The topological polar surface area (TPSA) is 72.2 Å². The van der Waals surface area contributed by atoms with Gasteiger partial charge in [-0.15, -0.1) is 0 Å². The number of rotatable bonds is 4. The highest BCUT2D eigenvalue weighted by atomic mass is 79.9. The van der Waals surface area contributed by atoms with Gasteiger partial charge in [0.2, 0.25) is 10.0 Å². The standard InChI is InChI=1S/C12H17BrN2O2S2/c1-8-11(14)4-10(13)5-12(8)19(16,17)15-6-9-2-3-18-7-9/h4-5,9,15H,2-3,6-7,14H2,1H3. The van der Waals surface area contributed by atoms with Crippen LogP contribution in [0.5, 0.6) is 0 Å². The number of thioether (sulfide) groups is 1. The van der Waals surface area contributed by atoms with Crippen LogP contribution < -0.4 is 10.5 Å². The van der Waals surface area contributed by atoms with E-state index in [1.165, 1.54) is 0 Å². The number of sulfonamides is 1. The second-order valence-corrected chi connectivity index (χ2v) is 8.50. The smallest absolute Gasteiger partial charge is 0.240 e. The Labute approximate surface area is 126 Å². The van der Waals surface area contributed by atoms with Gasteiger partial charge in [-0.1, -0.05) is 15.9 Å². The van der Waals surface area contributed by atoms with Crippen molar-refractivity contribution in [1.29, 1.82) is 0 Å². The third kappa shape index (κ3) is 3.65. The summed E-state index contributed by atoms with van der Waals surface area (Å²) in [6, 6.07) is 3.30. The van der Waals surface area contributed by atoms with Gasteiger partial charge in [-0.05, 0) is 48.5 Å². The monoisotopic (exact) mass is 364 g/mol.